The Kier molecular flexibility index (Phi) is 2.41. The van der Waals surface area contributed by atoms with E-state index in [0.29, 0.717) is 5.69 Å². The highest BCUT2D eigenvalue weighted by atomic mass is 16.4. The fourth-order valence-electron chi connectivity index (χ4n) is 2.10. The summed E-state index contributed by atoms with van der Waals surface area (Å²) in [6.45, 7) is 3.55. The van der Waals surface area contributed by atoms with Gasteiger partial charge in [0.1, 0.15) is 0 Å². The lowest BCUT2D eigenvalue weighted by atomic mass is 10.0. The molecule has 2 rings (SSSR count). The lowest BCUT2D eigenvalue weighted by molar-refractivity contribution is -0.142. The van der Waals surface area contributed by atoms with Gasteiger partial charge in [-0.05, 0) is 13.8 Å². The van der Waals surface area contributed by atoms with Gasteiger partial charge in [-0.25, -0.2) is 0 Å². The molecule has 86 valence electrons. The van der Waals surface area contributed by atoms with Crippen LogP contribution >= 0.6 is 0 Å². The number of H-pyrrole nitrogens is 1. The molecular weight excluding hydrogens is 210 g/mol. The van der Waals surface area contributed by atoms with E-state index in [0.717, 1.165) is 5.69 Å². The Balaban J connectivity index is 2.33. The van der Waals surface area contributed by atoms with Crippen molar-refractivity contribution in [3.8, 4) is 0 Å². The molecule has 1 aliphatic rings. The number of aryl methyl sites for hydroxylation is 1. The molecular formula is C10H13N3O3. The molecule has 1 amide bonds. The summed E-state index contributed by atoms with van der Waals surface area (Å²) in [7, 11) is 0. The van der Waals surface area contributed by atoms with Gasteiger partial charge in [-0.2, -0.15) is 5.10 Å². The van der Waals surface area contributed by atoms with Crippen molar-refractivity contribution in [1.29, 1.82) is 0 Å². The average molecular weight is 223 g/mol. The van der Waals surface area contributed by atoms with Crippen molar-refractivity contribution in [2.45, 2.75) is 26.3 Å². The first-order valence-corrected chi connectivity index (χ1v) is 5.07. The van der Waals surface area contributed by atoms with Crippen LogP contribution in [0.3, 0.4) is 0 Å². The van der Waals surface area contributed by atoms with Crippen molar-refractivity contribution in [1.82, 2.24) is 10.2 Å². The summed E-state index contributed by atoms with van der Waals surface area (Å²) >= 11 is 0. The van der Waals surface area contributed by atoms with Gasteiger partial charge in [0.2, 0.25) is 5.91 Å². The van der Waals surface area contributed by atoms with Crippen molar-refractivity contribution >= 4 is 17.6 Å². The standard InChI is InChI=1S/C10H13N3O3/c1-5-8(4-11-12-5)13-6(2)7(10(15)16)3-9(13)14/h4,6-7H,3H2,1-2H3,(H,11,12)(H,15,16)/t6-,7+/m1/s1. The third-order valence-electron chi connectivity index (χ3n) is 3.03. The Morgan fingerprint density at radius 2 is 2.38 bits per heavy atom. The molecule has 0 radical (unpaired) electrons. The second-order valence-electron chi connectivity index (χ2n) is 4.03. The van der Waals surface area contributed by atoms with Gasteiger partial charge in [0.15, 0.2) is 0 Å². The minimum atomic E-state index is -0.926. The zero-order valence-electron chi connectivity index (χ0n) is 9.10. The Bertz CT molecular complexity index is 440. The molecule has 0 bridgehead atoms. The van der Waals surface area contributed by atoms with Crippen molar-refractivity contribution in [2.75, 3.05) is 4.90 Å². The number of amides is 1. The average Bonchev–Trinajstić information content (AvgIpc) is 2.71. The number of carbonyl (C=O) groups is 2. The molecule has 1 aromatic rings. The topological polar surface area (TPSA) is 86.3 Å². The monoisotopic (exact) mass is 223 g/mol. The second kappa shape index (κ2) is 3.62. The third-order valence-corrected chi connectivity index (χ3v) is 3.03. The van der Waals surface area contributed by atoms with E-state index >= 15 is 0 Å². The molecule has 1 aromatic heterocycles. The maximum atomic E-state index is 11.8. The second-order valence-corrected chi connectivity index (χ2v) is 4.03. The maximum Gasteiger partial charge on any atom is 0.309 e. The van der Waals surface area contributed by atoms with Crippen LogP contribution in [0.25, 0.3) is 0 Å². The summed E-state index contributed by atoms with van der Waals surface area (Å²) in [4.78, 5) is 24.2. The third kappa shape index (κ3) is 1.46. The van der Waals surface area contributed by atoms with E-state index in [1.165, 1.54) is 4.90 Å². The Labute approximate surface area is 92.3 Å². The number of carbonyl (C=O) groups excluding carboxylic acids is 1. The number of nitrogens with zero attached hydrogens (tertiary/aromatic N) is 2. The van der Waals surface area contributed by atoms with Crippen molar-refractivity contribution in [3.05, 3.63) is 11.9 Å². The van der Waals surface area contributed by atoms with Crippen molar-refractivity contribution < 1.29 is 14.7 Å². The van der Waals surface area contributed by atoms with Gasteiger partial charge in [-0.3, -0.25) is 14.7 Å². The van der Waals surface area contributed by atoms with E-state index in [4.69, 9.17) is 5.11 Å². The first kappa shape index (κ1) is 10.7. The van der Waals surface area contributed by atoms with Crippen LogP contribution in [0.4, 0.5) is 5.69 Å². The molecule has 0 aromatic carbocycles. The SMILES string of the molecule is Cc1[nH]ncc1N1C(=O)C[C@H](C(=O)O)[C@H]1C. The number of aromatic amines is 1. The number of anilines is 1. The van der Waals surface area contributed by atoms with Crippen molar-refractivity contribution in [2.24, 2.45) is 5.92 Å². The van der Waals surface area contributed by atoms with E-state index in [1.807, 2.05) is 0 Å². The summed E-state index contributed by atoms with van der Waals surface area (Å²) < 4.78 is 0. The van der Waals surface area contributed by atoms with Gasteiger partial charge >= 0.3 is 5.97 Å². The highest BCUT2D eigenvalue weighted by molar-refractivity contribution is 6.00. The molecule has 2 atom stereocenters. The summed E-state index contributed by atoms with van der Waals surface area (Å²) in [5, 5.41) is 15.6. The Morgan fingerprint density at radius 3 is 2.81 bits per heavy atom. The lowest BCUT2D eigenvalue weighted by Crippen LogP contribution is -2.35. The summed E-state index contributed by atoms with van der Waals surface area (Å²) in [6, 6.07) is -0.332. The predicted molar refractivity (Wildman–Crippen MR) is 56.0 cm³/mol. The molecule has 6 nitrogen and oxygen atoms in total. The fraction of sp³-hybridized carbons (Fsp3) is 0.500. The quantitative estimate of drug-likeness (QED) is 0.766. The molecule has 16 heavy (non-hydrogen) atoms. The van der Waals surface area contributed by atoms with Gasteiger partial charge in [0.05, 0.1) is 23.5 Å². The lowest BCUT2D eigenvalue weighted by Gasteiger charge is -2.22. The molecule has 0 unspecified atom stereocenters. The molecule has 6 heteroatoms. The first-order valence-electron chi connectivity index (χ1n) is 5.07. The van der Waals surface area contributed by atoms with Crippen LogP contribution < -0.4 is 4.90 Å². The number of aromatic nitrogens is 2. The highest BCUT2D eigenvalue weighted by Crippen LogP contribution is 2.31. The molecule has 0 aliphatic carbocycles. The number of hydrogen-bond donors (Lipinski definition) is 2. The predicted octanol–water partition coefficient (Wildman–Crippen LogP) is 0.544. The highest BCUT2D eigenvalue weighted by Gasteiger charge is 2.42. The van der Waals surface area contributed by atoms with Crippen LogP contribution in [0.15, 0.2) is 6.20 Å². The van der Waals surface area contributed by atoms with Crippen LogP contribution in [-0.2, 0) is 9.59 Å². The fourth-order valence-corrected chi connectivity index (χ4v) is 2.10. The van der Waals surface area contributed by atoms with Gasteiger partial charge in [-0.15, -0.1) is 0 Å². The van der Waals surface area contributed by atoms with Crippen LogP contribution in [0, 0.1) is 12.8 Å². The summed E-state index contributed by atoms with van der Waals surface area (Å²) in [6.07, 6.45) is 1.61. The van der Waals surface area contributed by atoms with E-state index in [2.05, 4.69) is 10.2 Å². The molecule has 1 aliphatic heterocycles. The van der Waals surface area contributed by atoms with Crippen LogP contribution in [-0.4, -0.2) is 33.2 Å². The summed E-state index contributed by atoms with van der Waals surface area (Å²) in [5.41, 5.74) is 1.44. The molecule has 0 spiro atoms. The number of carboxylic acids is 1. The van der Waals surface area contributed by atoms with Gasteiger partial charge in [-0.1, -0.05) is 0 Å². The van der Waals surface area contributed by atoms with Gasteiger partial charge < -0.3 is 10.0 Å². The molecule has 1 saturated heterocycles. The summed E-state index contributed by atoms with van der Waals surface area (Å²) in [5.74, 6) is -1.73. The van der Waals surface area contributed by atoms with E-state index < -0.39 is 11.9 Å². The zero-order chi connectivity index (χ0) is 11.9. The molecule has 0 saturated carbocycles. The minimum Gasteiger partial charge on any atom is -0.481 e. The van der Waals surface area contributed by atoms with E-state index in [1.54, 1.807) is 20.0 Å². The number of rotatable bonds is 2. The van der Waals surface area contributed by atoms with Crippen LogP contribution in [0.1, 0.15) is 19.0 Å². The van der Waals surface area contributed by atoms with Gasteiger partial charge in [0, 0.05) is 12.5 Å². The molecule has 2 N–H and O–H groups in total. The number of nitrogens with one attached hydrogen (secondary N) is 1. The Morgan fingerprint density at radius 1 is 1.69 bits per heavy atom. The minimum absolute atomic E-state index is 0.0567. The van der Waals surface area contributed by atoms with E-state index in [9.17, 15) is 9.59 Å². The largest absolute Gasteiger partial charge is 0.481 e. The van der Waals surface area contributed by atoms with Crippen molar-refractivity contribution in [3.63, 3.8) is 0 Å². The number of hydrogen-bond acceptors (Lipinski definition) is 3. The van der Waals surface area contributed by atoms with Gasteiger partial charge in [0.25, 0.3) is 0 Å². The first-order chi connectivity index (χ1) is 7.52. The Hall–Kier alpha value is -1.85. The zero-order valence-corrected chi connectivity index (χ0v) is 9.10. The number of carboxylic acid groups (broad SMARTS) is 1. The molecule has 1 fully saturated rings. The van der Waals surface area contributed by atoms with Crippen LogP contribution in [0.5, 0.6) is 0 Å². The maximum absolute atomic E-state index is 11.8. The van der Waals surface area contributed by atoms with E-state index in [-0.39, 0.29) is 18.4 Å². The number of aliphatic carboxylic acids is 1. The smallest absolute Gasteiger partial charge is 0.309 e. The molecule has 2 heterocycles. The van der Waals surface area contributed by atoms with Crippen LogP contribution in [0.2, 0.25) is 0 Å². The normalized spacial score (nSPS) is 25.1.